The summed E-state index contributed by atoms with van der Waals surface area (Å²) < 4.78 is 37.2. The van der Waals surface area contributed by atoms with Gasteiger partial charge in [0.2, 0.25) is 5.91 Å². The number of piperidine rings is 1. The zero-order chi connectivity index (χ0) is 13.9. The molecule has 1 aliphatic heterocycles. The van der Waals surface area contributed by atoms with Gasteiger partial charge in [-0.2, -0.15) is 18.3 Å². The van der Waals surface area contributed by atoms with Gasteiger partial charge >= 0.3 is 6.18 Å². The van der Waals surface area contributed by atoms with Crippen molar-refractivity contribution in [2.24, 2.45) is 5.92 Å². The lowest BCUT2D eigenvalue weighted by molar-refractivity contribution is -0.142. The van der Waals surface area contributed by atoms with Crippen LogP contribution in [0.25, 0.3) is 0 Å². The summed E-state index contributed by atoms with van der Waals surface area (Å²) in [6, 6.07) is 1.37. The lowest BCUT2D eigenvalue weighted by Crippen LogP contribution is -2.34. The fourth-order valence-corrected chi connectivity index (χ4v) is 2.01. The summed E-state index contributed by atoms with van der Waals surface area (Å²) in [7, 11) is 0. The van der Waals surface area contributed by atoms with Crippen LogP contribution in [-0.2, 0) is 11.3 Å². The van der Waals surface area contributed by atoms with Crippen LogP contribution in [0.4, 0.5) is 19.0 Å². The Labute approximate surface area is 108 Å². The van der Waals surface area contributed by atoms with Crippen LogP contribution in [0.5, 0.6) is 0 Å². The quantitative estimate of drug-likeness (QED) is 0.877. The fraction of sp³-hybridized carbons (Fsp3) is 0.636. The molecule has 0 aliphatic carbocycles. The van der Waals surface area contributed by atoms with Crippen molar-refractivity contribution in [3.05, 3.63) is 12.3 Å². The molecule has 2 N–H and O–H groups in total. The van der Waals surface area contributed by atoms with Gasteiger partial charge in [0, 0.05) is 18.2 Å². The maximum Gasteiger partial charge on any atom is 0.408 e. The fourth-order valence-electron chi connectivity index (χ4n) is 2.01. The lowest BCUT2D eigenvalue weighted by Gasteiger charge is -2.21. The van der Waals surface area contributed by atoms with Gasteiger partial charge < -0.3 is 10.6 Å². The molecule has 8 heteroatoms. The summed E-state index contributed by atoms with van der Waals surface area (Å²) in [5.74, 6) is -0.124. The zero-order valence-corrected chi connectivity index (χ0v) is 10.2. The van der Waals surface area contributed by atoms with E-state index in [1.807, 2.05) is 0 Å². The molecule has 2 heterocycles. The number of nitrogens with one attached hydrogen (secondary N) is 2. The normalized spacial score (nSPS) is 17.4. The molecule has 1 aromatic heterocycles. The third-order valence-electron chi connectivity index (χ3n) is 2.94. The number of hydrogen-bond donors (Lipinski definition) is 2. The summed E-state index contributed by atoms with van der Waals surface area (Å²) in [6.45, 7) is 0.400. The van der Waals surface area contributed by atoms with Crippen molar-refractivity contribution in [3.63, 3.8) is 0 Å². The van der Waals surface area contributed by atoms with E-state index in [1.165, 1.54) is 12.3 Å². The smallest absolute Gasteiger partial charge is 0.317 e. The molecule has 19 heavy (non-hydrogen) atoms. The average Bonchev–Trinajstić information content (AvgIpc) is 2.75. The molecule has 1 aromatic rings. The Bertz CT molecular complexity index is 437. The summed E-state index contributed by atoms with van der Waals surface area (Å²) >= 11 is 0. The molecule has 2 rings (SSSR count). The van der Waals surface area contributed by atoms with Crippen LogP contribution in [0.15, 0.2) is 12.3 Å². The second-order valence-electron chi connectivity index (χ2n) is 4.53. The second kappa shape index (κ2) is 5.60. The predicted molar refractivity (Wildman–Crippen MR) is 62.5 cm³/mol. The number of rotatable bonds is 3. The lowest BCUT2D eigenvalue weighted by atomic mass is 9.97. The molecule has 0 spiro atoms. The number of alkyl halides is 3. The maximum atomic E-state index is 12.1. The van der Waals surface area contributed by atoms with Crippen LogP contribution >= 0.6 is 0 Å². The summed E-state index contributed by atoms with van der Waals surface area (Å²) in [4.78, 5) is 11.9. The first-order valence-electron chi connectivity index (χ1n) is 6.06. The highest BCUT2D eigenvalue weighted by Crippen LogP contribution is 2.18. The van der Waals surface area contributed by atoms with E-state index in [2.05, 4.69) is 15.7 Å². The number of anilines is 1. The number of carbonyl (C=O) groups excluding carboxylic acids is 1. The molecule has 1 amide bonds. The Kier molecular flexibility index (Phi) is 4.08. The minimum Gasteiger partial charge on any atom is -0.317 e. The summed E-state index contributed by atoms with van der Waals surface area (Å²) in [5.41, 5.74) is 0. The number of amides is 1. The van der Waals surface area contributed by atoms with Crippen LogP contribution in [0, 0.1) is 5.92 Å². The largest absolute Gasteiger partial charge is 0.408 e. The van der Waals surface area contributed by atoms with Gasteiger partial charge in [0.25, 0.3) is 0 Å². The highest BCUT2D eigenvalue weighted by atomic mass is 19.4. The number of nitrogens with zero attached hydrogens (tertiary/aromatic N) is 2. The van der Waals surface area contributed by atoms with Crippen LogP contribution in [0.3, 0.4) is 0 Å². The van der Waals surface area contributed by atoms with Crippen molar-refractivity contribution in [2.75, 3.05) is 18.4 Å². The van der Waals surface area contributed by atoms with Crippen molar-refractivity contribution < 1.29 is 18.0 Å². The summed E-state index contributed by atoms with van der Waals surface area (Å²) in [6.07, 6.45) is -1.65. The van der Waals surface area contributed by atoms with Gasteiger partial charge in [0.05, 0.1) is 0 Å². The van der Waals surface area contributed by atoms with E-state index in [1.54, 1.807) is 0 Å². The Morgan fingerprint density at radius 2 is 2.16 bits per heavy atom. The van der Waals surface area contributed by atoms with Gasteiger partial charge in [-0.05, 0) is 25.9 Å². The monoisotopic (exact) mass is 276 g/mol. The first kappa shape index (κ1) is 13.9. The molecule has 0 saturated carbocycles. The van der Waals surface area contributed by atoms with Gasteiger partial charge in [-0.3, -0.25) is 9.48 Å². The maximum absolute atomic E-state index is 12.1. The third kappa shape index (κ3) is 4.23. The SMILES string of the molecule is O=C(Nc1ccn(CC(F)(F)F)n1)C1CCNCC1. The topological polar surface area (TPSA) is 59.0 Å². The van der Waals surface area contributed by atoms with Gasteiger partial charge in [-0.15, -0.1) is 0 Å². The molecule has 106 valence electrons. The van der Waals surface area contributed by atoms with E-state index in [4.69, 9.17) is 0 Å². The number of hydrogen-bond acceptors (Lipinski definition) is 3. The highest BCUT2D eigenvalue weighted by molar-refractivity contribution is 5.91. The molecule has 0 unspecified atom stereocenters. The highest BCUT2D eigenvalue weighted by Gasteiger charge is 2.28. The second-order valence-corrected chi connectivity index (χ2v) is 4.53. The van der Waals surface area contributed by atoms with E-state index < -0.39 is 12.7 Å². The first-order valence-corrected chi connectivity index (χ1v) is 6.06. The zero-order valence-electron chi connectivity index (χ0n) is 10.2. The van der Waals surface area contributed by atoms with E-state index >= 15 is 0 Å². The van der Waals surface area contributed by atoms with Gasteiger partial charge in [0.15, 0.2) is 5.82 Å². The van der Waals surface area contributed by atoms with E-state index in [0.29, 0.717) is 0 Å². The molecule has 5 nitrogen and oxygen atoms in total. The van der Waals surface area contributed by atoms with Crippen LogP contribution < -0.4 is 10.6 Å². The number of carbonyl (C=O) groups is 1. The standard InChI is InChI=1S/C11H15F3N4O/c12-11(13,14)7-18-6-3-9(17-18)16-10(19)8-1-4-15-5-2-8/h3,6,8,15H,1-2,4-5,7H2,(H,16,17,19). The number of halogens is 3. The molecular weight excluding hydrogens is 261 g/mol. The van der Waals surface area contributed by atoms with E-state index in [-0.39, 0.29) is 17.6 Å². The molecule has 1 fully saturated rings. The predicted octanol–water partition coefficient (Wildman–Crippen LogP) is 1.38. The number of aromatic nitrogens is 2. The van der Waals surface area contributed by atoms with Crippen LogP contribution in [-0.4, -0.2) is 35.0 Å². The first-order chi connectivity index (χ1) is 8.94. The van der Waals surface area contributed by atoms with Gasteiger partial charge in [-0.25, -0.2) is 0 Å². The molecule has 0 aromatic carbocycles. The Balaban J connectivity index is 1.90. The van der Waals surface area contributed by atoms with E-state index in [0.717, 1.165) is 30.6 Å². The summed E-state index contributed by atoms with van der Waals surface area (Å²) in [5, 5.41) is 9.37. The Morgan fingerprint density at radius 1 is 1.47 bits per heavy atom. The van der Waals surface area contributed by atoms with Crippen molar-refractivity contribution in [1.29, 1.82) is 0 Å². The Hall–Kier alpha value is -1.57. The van der Waals surface area contributed by atoms with Crippen LogP contribution in [0.1, 0.15) is 12.8 Å². The van der Waals surface area contributed by atoms with Crippen molar-refractivity contribution in [2.45, 2.75) is 25.6 Å². The molecule has 0 atom stereocenters. The third-order valence-corrected chi connectivity index (χ3v) is 2.94. The van der Waals surface area contributed by atoms with Crippen LogP contribution in [0.2, 0.25) is 0 Å². The van der Waals surface area contributed by atoms with Gasteiger partial charge in [0.1, 0.15) is 6.54 Å². The average molecular weight is 276 g/mol. The van der Waals surface area contributed by atoms with Crippen molar-refractivity contribution in [3.8, 4) is 0 Å². The Morgan fingerprint density at radius 3 is 2.79 bits per heavy atom. The molecule has 0 radical (unpaired) electrons. The minimum atomic E-state index is -4.32. The molecule has 0 bridgehead atoms. The minimum absolute atomic E-state index is 0.103. The van der Waals surface area contributed by atoms with E-state index in [9.17, 15) is 18.0 Å². The molecule has 1 aliphatic rings. The molecule has 1 saturated heterocycles. The molecular formula is C11H15F3N4O. The van der Waals surface area contributed by atoms with Gasteiger partial charge in [-0.1, -0.05) is 0 Å². The van der Waals surface area contributed by atoms with Crippen molar-refractivity contribution in [1.82, 2.24) is 15.1 Å². The van der Waals surface area contributed by atoms with Crippen molar-refractivity contribution >= 4 is 11.7 Å².